The van der Waals surface area contributed by atoms with E-state index in [2.05, 4.69) is 4.74 Å². The second-order valence-electron chi connectivity index (χ2n) is 5.89. The van der Waals surface area contributed by atoms with Crippen molar-refractivity contribution in [2.45, 2.75) is 27.1 Å². The van der Waals surface area contributed by atoms with E-state index in [0.717, 1.165) is 0 Å². The highest BCUT2D eigenvalue weighted by Gasteiger charge is 2.31. The molecule has 154 valence electrons. The average Bonchev–Trinajstić information content (AvgIpc) is 2.61. The van der Waals surface area contributed by atoms with Gasteiger partial charge in [0.05, 0.1) is 6.61 Å². The Balaban J connectivity index is 2.31. The molecule has 0 atom stereocenters. The van der Waals surface area contributed by atoms with Gasteiger partial charge in [0.15, 0.2) is 0 Å². The number of allylic oxidation sites excluding steroid dienone is 1. The van der Waals surface area contributed by atoms with E-state index in [0.29, 0.717) is 16.7 Å². The molecule has 29 heavy (non-hydrogen) atoms. The third kappa shape index (κ3) is 6.38. The van der Waals surface area contributed by atoms with Crippen LogP contribution in [0.5, 0.6) is 5.75 Å². The molecule has 0 saturated carbocycles. The SMILES string of the molecule is CCOC(=O)C(=C(C)OC(C)=O)c1ccc(-c2ccc(OC(F)(F)F)cc2)cc1. The van der Waals surface area contributed by atoms with Crippen molar-refractivity contribution in [2.24, 2.45) is 0 Å². The zero-order valence-electron chi connectivity index (χ0n) is 16.0. The molecule has 5 nitrogen and oxygen atoms in total. The van der Waals surface area contributed by atoms with E-state index in [1.807, 2.05) is 0 Å². The smallest absolute Gasteiger partial charge is 0.462 e. The first-order chi connectivity index (χ1) is 13.6. The van der Waals surface area contributed by atoms with Gasteiger partial charge in [0.2, 0.25) is 0 Å². The highest BCUT2D eigenvalue weighted by Crippen LogP contribution is 2.28. The molecule has 0 aromatic heterocycles. The van der Waals surface area contributed by atoms with Gasteiger partial charge in [-0.2, -0.15) is 0 Å². The fourth-order valence-electron chi connectivity index (χ4n) is 2.61. The molecule has 0 spiro atoms. The first-order valence-electron chi connectivity index (χ1n) is 8.63. The zero-order valence-corrected chi connectivity index (χ0v) is 16.0. The topological polar surface area (TPSA) is 61.8 Å². The molecule has 0 heterocycles. The Morgan fingerprint density at radius 3 is 1.86 bits per heavy atom. The Hall–Kier alpha value is -3.29. The third-order valence-corrected chi connectivity index (χ3v) is 3.72. The van der Waals surface area contributed by atoms with Crippen molar-refractivity contribution < 1.29 is 37.0 Å². The number of esters is 2. The zero-order chi connectivity index (χ0) is 21.6. The summed E-state index contributed by atoms with van der Waals surface area (Å²) < 4.78 is 50.7. The summed E-state index contributed by atoms with van der Waals surface area (Å²) in [5, 5.41) is 0. The molecule has 2 aromatic rings. The average molecular weight is 408 g/mol. The number of benzene rings is 2. The molecule has 0 aliphatic carbocycles. The number of carbonyl (C=O) groups excluding carboxylic acids is 2. The number of hydrogen-bond donors (Lipinski definition) is 0. The normalized spacial score (nSPS) is 12.1. The molecule has 0 N–H and O–H groups in total. The van der Waals surface area contributed by atoms with Crippen molar-refractivity contribution in [3.05, 3.63) is 59.9 Å². The van der Waals surface area contributed by atoms with Crippen LogP contribution in [0.4, 0.5) is 13.2 Å². The number of alkyl halides is 3. The quantitative estimate of drug-likeness (QED) is 0.378. The molecule has 0 amide bonds. The van der Waals surface area contributed by atoms with E-state index in [9.17, 15) is 22.8 Å². The minimum absolute atomic E-state index is 0.109. The molecule has 0 aliphatic heterocycles. The van der Waals surface area contributed by atoms with Gasteiger partial charge in [-0.1, -0.05) is 36.4 Å². The summed E-state index contributed by atoms with van der Waals surface area (Å²) in [5.41, 5.74) is 1.95. The van der Waals surface area contributed by atoms with Crippen LogP contribution in [0.2, 0.25) is 0 Å². The maximum Gasteiger partial charge on any atom is 0.573 e. The van der Waals surface area contributed by atoms with Crippen molar-refractivity contribution in [3.8, 4) is 16.9 Å². The van der Waals surface area contributed by atoms with Crippen molar-refractivity contribution in [1.29, 1.82) is 0 Å². The molecule has 0 radical (unpaired) electrons. The maximum absolute atomic E-state index is 12.3. The summed E-state index contributed by atoms with van der Waals surface area (Å²) in [7, 11) is 0. The Morgan fingerprint density at radius 1 is 0.897 bits per heavy atom. The van der Waals surface area contributed by atoms with Crippen molar-refractivity contribution >= 4 is 17.5 Å². The largest absolute Gasteiger partial charge is 0.573 e. The standard InChI is InChI=1S/C21H19F3O5/c1-4-27-20(26)19(13(2)28-14(3)25)17-7-5-15(6-8-17)16-9-11-18(12-10-16)29-21(22,23)24/h5-12H,4H2,1-3H3. The number of ether oxygens (including phenoxy) is 3. The lowest BCUT2D eigenvalue weighted by atomic mass is 9.99. The molecule has 0 unspecified atom stereocenters. The third-order valence-electron chi connectivity index (χ3n) is 3.72. The lowest BCUT2D eigenvalue weighted by molar-refractivity contribution is -0.274. The molecule has 2 aromatic carbocycles. The lowest BCUT2D eigenvalue weighted by Gasteiger charge is -2.12. The van der Waals surface area contributed by atoms with Gasteiger partial charge in [-0.3, -0.25) is 4.79 Å². The van der Waals surface area contributed by atoms with Gasteiger partial charge in [-0.25, -0.2) is 4.79 Å². The number of halogens is 3. The minimum atomic E-state index is -4.75. The Labute approximate surface area is 165 Å². The summed E-state index contributed by atoms with van der Waals surface area (Å²) in [5.74, 6) is -1.41. The van der Waals surface area contributed by atoms with Gasteiger partial charge in [-0.05, 0) is 42.7 Å². The first-order valence-corrected chi connectivity index (χ1v) is 8.63. The van der Waals surface area contributed by atoms with Gasteiger partial charge < -0.3 is 14.2 Å². The Bertz CT molecular complexity index is 897. The second kappa shape index (κ2) is 9.27. The summed E-state index contributed by atoms with van der Waals surface area (Å²) in [6.45, 7) is 4.52. The van der Waals surface area contributed by atoms with Crippen molar-refractivity contribution in [3.63, 3.8) is 0 Å². The predicted molar refractivity (Wildman–Crippen MR) is 99.6 cm³/mol. The van der Waals surface area contributed by atoms with E-state index in [-0.39, 0.29) is 23.7 Å². The van der Waals surface area contributed by atoms with Crippen LogP contribution in [0.3, 0.4) is 0 Å². The van der Waals surface area contributed by atoms with Crippen molar-refractivity contribution in [1.82, 2.24) is 0 Å². The summed E-state index contributed by atoms with van der Waals surface area (Å²) >= 11 is 0. The monoisotopic (exact) mass is 408 g/mol. The summed E-state index contributed by atoms with van der Waals surface area (Å²) in [6.07, 6.45) is -4.75. The van der Waals surface area contributed by atoms with Crippen LogP contribution in [0.1, 0.15) is 26.3 Å². The van der Waals surface area contributed by atoms with Crippen LogP contribution in [0.25, 0.3) is 16.7 Å². The molecule has 0 fully saturated rings. The lowest BCUT2D eigenvalue weighted by Crippen LogP contribution is -2.16. The van der Waals surface area contributed by atoms with Crippen LogP contribution in [-0.4, -0.2) is 24.9 Å². The second-order valence-corrected chi connectivity index (χ2v) is 5.89. The Kier molecular flexibility index (Phi) is 7.03. The minimum Gasteiger partial charge on any atom is -0.462 e. The highest BCUT2D eigenvalue weighted by molar-refractivity contribution is 6.17. The van der Waals surface area contributed by atoms with Gasteiger partial charge in [0.1, 0.15) is 17.1 Å². The molecule has 0 bridgehead atoms. The van der Waals surface area contributed by atoms with E-state index < -0.39 is 18.3 Å². The maximum atomic E-state index is 12.3. The molecule has 0 aliphatic rings. The number of carbonyl (C=O) groups is 2. The van der Waals surface area contributed by atoms with Gasteiger partial charge in [-0.15, -0.1) is 13.2 Å². The molecule has 2 rings (SSSR count). The summed E-state index contributed by atoms with van der Waals surface area (Å²) in [4.78, 5) is 23.5. The number of rotatable bonds is 6. The molecule has 0 saturated heterocycles. The van der Waals surface area contributed by atoms with Crippen LogP contribution >= 0.6 is 0 Å². The molecular formula is C21H19F3O5. The fourth-order valence-corrected chi connectivity index (χ4v) is 2.61. The van der Waals surface area contributed by atoms with E-state index in [4.69, 9.17) is 9.47 Å². The molecular weight excluding hydrogens is 389 g/mol. The Morgan fingerprint density at radius 2 is 1.41 bits per heavy atom. The van der Waals surface area contributed by atoms with E-state index in [1.54, 1.807) is 31.2 Å². The van der Waals surface area contributed by atoms with Gasteiger partial charge >= 0.3 is 18.3 Å². The fraction of sp³-hybridized carbons (Fsp3) is 0.238. The molecule has 8 heteroatoms. The summed E-state index contributed by atoms with van der Waals surface area (Å²) in [6, 6.07) is 12.1. The van der Waals surface area contributed by atoms with E-state index >= 15 is 0 Å². The van der Waals surface area contributed by atoms with Crippen LogP contribution in [-0.2, 0) is 19.1 Å². The van der Waals surface area contributed by atoms with E-state index in [1.165, 1.54) is 38.1 Å². The highest BCUT2D eigenvalue weighted by atomic mass is 19.4. The predicted octanol–water partition coefficient (Wildman–Crippen LogP) is 5.11. The van der Waals surface area contributed by atoms with Crippen LogP contribution < -0.4 is 4.74 Å². The first kappa shape index (κ1) is 22.0. The van der Waals surface area contributed by atoms with Crippen LogP contribution in [0.15, 0.2) is 54.3 Å². The number of hydrogen-bond acceptors (Lipinski definition) is 5. The van der Waals surface area contributed by atoms with Gasteiger partial charge in [0.25, 0.3) is 0 Å². The van der Waals surface area contributed by atoms with Crippen LogP contribution in [0, 0.1) is 0 Å². The van der Waals surface area contributed by atoms with Crippen molar-refractivity contribution in [2.75, 3.05) is 6.61 Å². The van der Waals surface area contributed by atoms with Gasteiger partial charge in [0, 0.05) is 6.92 Å².